The van der Waals surface area contributed by atoms with E-state index in [-0.39, 0.29) is 12.4 Å². The Morgan fingerprint density at radius 3 is 2.60 bits per heavy atom. The van der Waals surface area contributed by atoms with Crippen LogP contribution in [0.25, 0.3) is 0 Å². The third kappa shape index (κ3) is 2.73. The molecule has 0 fully saturated rings. The van der Waals surface area contributed by atoms with Crippen LogP contribution in [0.5, 0.6) is 5.75 Å². The van der Waals surface area contributed by atoms with E-state index in [1.165, 1.54) is 0 Å². The van der Waals surface area contributed by atoms with Crippen molar-refractivity contribution in [1.82, 2.24) is 4.98 Å². The number of rotatable bonds is 1. The maximum Gasteiger partial charge on any atom is -1.00 e. The van der Waals surface area contributed by atoms with Gasteiger partial charge in [-0.2, -0.15) is 0 Å². The largest absolute Gasteiger partial charge is 1.00 e. The Hall–Kier alpha value is 0.00623. The molecule has 50 valence electrons. The van der Waals surface area contributed by atoms with E-state index in [4.69, 9.17) is 4.74 Å². The minimum Gasteiger partial charge on any atom is -1.00 e. The van der Waals surface area contributed by atoms with E-state index in [0.29, 0.717) is 0 Å². The number of aromatic nitrogens is 1. The Bertz CT molecular complexity index is 189. The van der Waals surface area contributed by atoms with Crippen LogP contribution in [0.3, 0.4) is 0 Å². The van der Waals surface area contributed by atoms with E-state index in [1.807, 2.05) is 12.1 Å². The van der Waals surface area contributed by atoms with Crippen molar-refractivity contribution in [3.63, 3.8) is 0 Å². The van der Waals surface area contributed by atoms with Gasteiger partial charge in [0.15, 0.2) is 0 Å². The maximum atomic E-state index is 4.91. The maximum absolute atomic E-state index is 4.91. The zero-order valence-corrected chi connectivity index (χ0v) is 7.84. The number of hydrogen-bond acceptors (Lipinski definition) is 2. The molecule has 0 aliphatic rings. The van der Waals surface area contributed by atoms with Crippen LogP contribution in [-0.2, 0) is 0 Å². The summed E-state index contributed by atoms with van der Waals surface area (Å²) in [5.74, 6) is 0.811. The molecule has 10 heavy (non-hydrogen) atoms. The molecule has 1 aromatic heterocycles. The standard InChI is InChI=1S/C6H6NO.ClH.Mg/c1-8-6-3-2-4-7-5-6;;/h2-3,5H,1H3;1H;/q;;+1/p-1. The first kappa shape index (κ1) is 10.0. The smallest absolute Gasteiger partial charge is 1.00 e. The molecule has 0 unspecified atom stereocenters. The molecule has 4 heteroatoms. The van der Waals surface area contributed by atoms with Gasteiger partial charge < -0.3 is 12.4 Å². The minimum absolute atomic E-state index is 0. The second-order valence-electron chi connectivity index (χ2n) is 1.69. The van der Waals surface area contributed by atoms with Crippen molar-refractivity contribution in [1.29, 1.82) is 0 Å². The molecule has 0 saturated carbocycles. The summed E-state index contributed by atoms with van der Waals surface area (Å²) < 4.78 is 5.95. The number of ether oxygens (including phenoxy) is 1. The molecule has 1 rings (SSSR count). The zero-order valence-electron chi connectivity index (χ0n) is 5.67. The summed E-state index contributed by atoms with van der Waals surface area (Å²) in [6, 6.07) is 3.83. The van der Waals surface area contributed by atoms with Crippen LogP contribution in [0.1, 0.15) is 0 Å². The first-order valence-corrected chi connectivity index (χ1v) is 3.35. The fourth-order valence-electron chi connectivity index (χ4n) is 0.532. The Balaban J connectivity index is 0.000000810. The SMILES string of the molecule is COc1cc[c]([Mg+])nc1.[Cl-]. The molecule has 1 heterocycles. The summed E-state index contributed by atoms with van der Waals surface area (Å²) in [4.78, 5) is 4.04. The number of hydrogen-bond donors (Lipinski definition) is 0. The minimum atomic E-state index is 0. The van der Waals surface area contributed by atoms with Gasteiger partial charge in [0.05, 0.1) is 0 Å². The van der Waals surface area contributed by atoms with Gasteiger partial charge in [0.25, 0.3) is 0 Å². The van der Waals surface area contributed by atoms with Gasteiger partial charge in [0, 0.05) is 0 Å². The predicted octanol–water partition coefficient (Wildman–Crippen LogP) is -3.11. The summed E-state index contributed by atoms with van der Waals surface area (Å²) in [6.07, 6.45) is 1.71. The van der Waals surface area contributed by atoms with Gasteiger partial charge in [0.1, 0.15) is 0 Å². The fraction of sp³-hybridized carbons (Fsp3) is 0.167. The molecule has 0 amide bonds. The van der Waals surface area contributed by atoms with E-state index in [1.54, 1.807) is 35.0 Å². The van der Waals surface area contributed by atoms with E-state index in [2.05, 4.69) is 4.98 Å². The third-order valence-electron chi connectivity index (χ3n) is 1.03. The topological polar surface area (TPSA) is 22.1 Å². The first-order chi connectivity index (χ1) is 4.33. The third-order valence-corrected chi connectivity index (χ3v) is 1.45. The molecular weight excluding hydrogens is 162 g/mol. The van der Waals surface area contributed by atoms with E-state index >= 15 is 0 Å². The van der Waals surface area contributed by atoms with Crippen molar-refractivity contribution in [3.8, 4) is 5.75 Å². The van der Waals surface area contributed by atoms with E-state index < -0.39 is 0 Å². The van der Waals surface area contributed by atoms with Gasteiger partial charge in [-0.15, -0.1) is 0 Å². The van der Waals surface area contributed by atoms with Crippen molar-refractivity contribution < 1.29 is 17.1 Å². The summed E-state index contributed by atoms with van der Waals surface area (Å²) in [5.41, 5.74) is 0. The second kappa shape index (κ2) is 4.77. The number of halogens is 1. The van der Waals surface area contributed by atoms with Gasteiger partial charge in [-0.3, -0.25) is 0 Å². The summed E-state index contributed by atoms with van der Waals surface area (Å²) in [6.45, 7) is 0. The van der Waals surface area contributed by atoms with Crippen molar-refractivity contribution in [3.05, 3.63) is 18.3 Å². The molecule has 0 bridgehead atoms. The van der Waals surface area contributed by atoms with E-state index in [9.17, 15) is 0 Å². The van der Waals surface area contributed by atoms with Crippen LogP contribution in [0.4, 0.5) is 0 Å². The van der Waals surface area contributed by atoms with Gasteiger partial charge in [0.2, 0.25) is 0 Å². The van der Waals surface area contributed by atoms with Crippen molar-refractivity contribution in [2.75, 3.05) is 7.11 Å². The number of methoxy groups -OCH3 is 1. The Labute approximate surface area is 78.8 Å². The van der Waals surface area contributed by atoms with Crippen molar-refractivity contribution in [2.45, 2.75) is 0 Å². The summed E-state index contributed by atoms with van der Waals surface area (Å²) in [5, 5.41) is 0. The van der Waals surface area contributed by atoms with Crippen molar-refractivity contribution in [2.24, 2.45) is 0 Å². The fourth-order valence-corrected chi connectivity index (χ4v) is 0.741. The van der Waals surface area contributed by atoms with Gasteiger partial charge in [-0.25, -0.2) is 0 Å². The molecule has 0 saturated heterocycles. The molecule has 0 atom stereocenters. The molecule has 1 aromatic rings. The van der Waals surface area contributed by atoms with Crippen LogP contribution in [0, 0.1) is 0 Å². The quantitative estimate of drug-likeness (QED) is 0.414. The predicted molar refractivity (Wildman–Crippen MR) is 36.2 cm³/mol. The Morgan fingerprint density at radius 2 is 2.20 bits per heavy atom. The molecule has 0 aliphatic carbocycles. The zero-order chi connectivity index (χ0) is 6.69. The van der Waals surface area contributed by atoms with Crippen LogP contribution >= 0.6 is 0 Å². The van der Waals surface area contributed by atoms with E-state index in [0.717, 1.165) is 9.57 Å². The van der Waals surface area contributed by atoms with Crippen LogP contribution < -0.4 is 21.0 Å². The Kier molecular flexibility index (Phi) is 4.77. The van der Waals surface area contributed by atoms with Gasteiger partial charge in [-0.1, -0.05) is 0 Å². The average molecular weight is 168 g/mol. The normalized spacial score (nSPS) is 8.30. The molecule has 0 radical (unpaired) electrons. The van der Waals surface area contributed by atoms with Crippen LogP contribution in [0.2, 0.25) is 0 Å². The van der Waals surface area contributed by atoms with Crippen LogP contribution in [-0.4, -0.2) is 33.8 Å². The number of pyridine rings is 1. The average Bonchev–Trinajstić information content (AvgIpc) is 1.90. The van der Waals surface area contributed by atoms with Gasteiger partial charge >= 0.3 is 66.4 Å². The summed E-state index contributed by atoms with van der Waals surface area (Å²) in [7, 11) is 1.63. The second-order valence-corrected chi connectivity index (χ2v) is 2.41. The molecule has 2 nitrogen and oxygen atoms in total. The van der Waals surface area contributed by atoms with Gasteiger partial charge in [-0.05, 0) is 0 Å². The monoisotopic (exact) mass is 167 g/mol. The Morgan fingerprint density at radius 1 is 1.50 bits per heavy atom. The molecule has 0 aromatic carbocycles. The van der Waals surface area contributed by atoms with Crippen molar-refractivity contribution >= 4 is 25.5 Å². The molecular formula is C6H6ClMgNO. The molecule has 0 spiro atoms. The first-order valence-electron chi connectivity index (χ1n) is 2.65. The molecule has 0 N–H and O–H groups in total. The summed E-state index contributed by atoms with van der Waals surface area (Å²) >= 11 is 1.76. The number of nitrogens with zero attached hydrogens (tertiary/aromatic N) is 1. The van der Waals surface area contributed by atoms with Crippen LogP contribution in [0.15, 0.2) is 18.3 Å². The molecule has 0 aliphatic heterocycles.